The number of H-pyrrole nitrogens is 2. The molecule has 41 heavy (non-hydrogen) atoms. The second-order valence-corrected chi connectivity index (χ2v) is 10.9. The summed E-state index contributed by atoms with van der Waals surface area (Å²) in [6, 6.07) is 21.3. The minimum atomic E-state index is -0.655. The largest absolute Gasteiger partial charge is 0.493 e. The predicted molar refractivity (Wildman–Crippen MR) is 161 cm³/mol. The van der Waals surface area contributed by atoms with Crippen molar-refractivity contribution in [1.29, 1.82) is 0 Å². The van der Waals surface area contributed by atoms with E-state index in [0.717, 1.165) is 15.6 Å². The number of benzene rings is 3. The van der Waals surface area contributed by atoms with Crippen LogP contribution in [0.1, 0.15) is 17.4 Å². The summed E-state index contributed by atoms with van der Waals surface area (Å²) < 4.78 is 7.69. The van der Waals surface area contributed by atoms with E-state index in [4.69, 9.17) is 16.3 Å². The van der Waals surface area contributed by atoms with Gasteiger partial charge in [0.15, 0.2) is 6.61 Å². The molecule has 11 heteroatoms. The number of hydrogen-bond acceptors (Lipinski definition) is 5. The zero-order valence-corrected chi connectivity index (χ0v) is 24.6. The van der Waals surface area contributed by atoms with Crippen molar-refractivity contribution in [2.24, 2.45) is 0 Å². The van der Waals surface area contributed by atoms with Gasteiger partial charge in [0, 0.05) is 36.1 Å². The van der Waals surface area contributed by atoms with E-state index in [1.165, 1.54) is 9.47 Å². The van der Waals surface area contributed by atoms with Crippen LogP contribution in [-0.2, 0) is 11.2 Å². The standard InChI is InChI=1S/C30H27BrClN5O4/c1-36(2)26(38)17-41-21-11-8-19(9-12-21)27-29(39)37(30(40)35-27)25(14-18-6-4-3-5-7-18)28-33-16-24(34-28)22-13-10-20(31)15-23(22)32/h3-13,15-16,25,39H,14,17H2,1-2H3,(H,33,34)(H,35,40). The van der Waals surface area contributed by atoms with E-state index >= 15 is 0 Å². The summed E-state index contributed by atoms with van der Waals surface area (Å²) in [6.07, 6.45) is 2.05. The second-order valence-electron chi connectivity index (χ2n) is 9.61. The topological polar surface area (TPSA) is 116 Å². The molecule has 1 atom stereocenters. The molecule has 0 saturated heterocycles. The Hall–Kier alpha value is -4.28. The molecule has 0 aliphatic rings. The summed E-state index contributed by atoms with van der Waals surface area (Å²) in [5, 5.41) is 11.9. The number of ether oxygens (including phenoxy) is 1. The number of nitrogens with zero attached hydrogens (tertiary/aromatic N) is 3. The number of imidazole rings is 2. The van der Waals surface area contributed by atoms with Crippen LogP contribution in [0.25, 0.3) is 22.5 Å². The molecular formula is C30H27BrClN5O4. The minimum Gasteiger partial charge on any atom is -0.493 e. The lowest BCUT2D eigenvalue weighted by Crippen LogP contribution is -2.27. The van der Waals surface area contributed by atoms with Gasteiger partial charge in [0.05, 0.1) is 16.9 Å². The van der Waals surface area contributed by atoms with E-state index in [1.54, 1.807) is 50.6 Å². The number of rotatable bonds is 9. The zero-order valence-electron chi connectivity index (χ0n) is 22.3. The molecule has 9 nitrogen and oxygen atoms in total. The van der Waals surface area contributed by atoms with Crippen molar-refractivity contribution >= 4 is 33.4 Å². The maximum atomic E-state index is 13.3. The summed E-state index contributed by atoms with van der Waals surface area (Å²) >= 11 is 9.90. The van der Waals surface area contributed by atoms with Gasteiger partial charge in [-0.3, -0.25) is 9.36 Å². The van der Waals surface area contributed by atoms with E-state index in [1.807, 2.05) is 42.5 Å². The quantitative estimate of drug-likeness (QED) is 0.193. The Morgan fingerprint density at radius 2 is 1.83 bits per heavy atom. The molecule has 0 bridgehead atoms. The molecule has 0 aliphatic carbocycles. The fraction of sp³-hybridized carbons (Fsp3) is 0.167. The minimum absolute atomic E-state index is 0.0947. The first-order valence-electron chi connectivity index (χ1n) is 12.7. The van der Waals surface area contributed by atoms with Gasteiger partial charge < -0.3 is 24.7 Å². The summed E-state index contributed by atoms with van der Waals surface area (Å²) in [5.41, 5.74) is 2.74. The van der Waals surface area contributed by atoms with Gasteiger partial charge in [0.2, 0.25) is 5.88 Å². The van der Waals surface area contributed by atoms with E-state index in [0.29, 0.717) is 34.3 Å². The molecule has 0 radical (unpaired) electrons. The van der Waals surface area contributed by atoms with Crippen LogP contribution < -0.4 is 10.4 Å². The van der Waals surface area contributed by atoms with Crippen molar-refractivity contribution in [3.63, 3.8) is 0 Å². The third-order valence-electron chi connectivity index (χ3n) is 6.62. The second kappa shape index (κ2) is 12.1. The SMILES string of the molecule is CN(C)C(=O)COc1ccc(-c2[nH]c(=O)n(C(Cc3ccccc3)c3ncc(-c4ccc(Br)cc4Cl)[nH]3)c2O)cc1. The molecule has 1 amide bonds. The first-order valence-corrected chi connectivity index (χ1v) is 13.9. The van der Waals surface area contributed by atoms with Gasteiger partial charge in [-0.1, -0.05) is 63.9 Å². The van der Waals surface area contributed by atoms with Crippen molar-refractivity contribution in [3.8, 4) is 34.1 Å². The average molecular weight is 637 g/mol. The summed E-state index contributed by atoms with van der Waals surface area (Å²) in [5.74, 6) is 0.579. The van der Waals surface area contributed by atoms with Crippen molar-refractivity contribution in [3.05, 3.63) is 110 Å². The molecule has 0 aliphatic heterocycles. The molecule has 210 valence electrons. The first kappa shape index (κ1) is 28.3. The number of aromatic hydroxyl groups is 1. The number of amides is 1. The van der Waals surface area contributed by atoms with Gasteiger partial charge in [0.25, 0.3) is 5.91 Å². The van der Waals surface area contributed by atoms with Crippen LogP contribution in [0.15, 0.2) is 88.3 Å². The van der Waals surface area contributed by atoms with E-state index < -0.39 is 11.7 Å². The van der Waals surface area contributed by atoms with Gasteiger partial charge in [-0.05, 0) is 42.0 Å². The Morgan fingerprint density at radius 3 is 2.51 bits per heavy atom. The zero-order chi connectivity index (χ0) is 29.1. The Bertz CT molecular complexity index is 1730. The number of carbonyl (C=O) groups excluding carboxylic acids is 1. The van der Waals surface area contributed by atoms with Crippen molar-refractivity contribution < 1.29 is 14.6 Å². The molecule has 3 aromatic carbocycles. The van der Waals surface area contributed by atoms with Crippen molar-refractivity contribution in [1.82, 2.24) is 24.4 Å². The van der Waals surface area contributed by atoms with E-state index in [9.17, 15) is 14.7 Å². The third kappa shape index (κ3) is 6.23. The summed E-state index contributed by atoms with van der Waals surface area (Å²) in [4.78, 5) is 37.3. The molecule has 5 aromatic rings. The molecule has 0 saturated carbocycles. The first-order chi connectivity index (χ1) is 19.7. The Labute approximate surface area is 249 Å². The van der Waals surface area contributed by atoms with Crippen LogP contribution >= 0.6 is 27.5 Å². The van der Waals surface area contributed by atoms with Crippen LogP contribution in [0.2, 0.25) is 5.02 Å². The van der Waals surface area contributed by atoms with E-state index in [-0.39, 0.29) is 24.1 Å². The smallest absolute Gasteiger partial charge is 0.329 e. The fourth-order valence-electron chi connectivity index (χ4n) is 4.42. The Balaban J connectivity index is 1.50. The highest BCUT2D eigenvalue weighted by atomic mass is 79.9. The summed E-state index contributed by atoms with van der Waals surface area (Å²) in [7, 11) is 3.31. The molecule has 0 spiro atoms. The highest BCUT2D eigenvalue weighted by Gasteiger charge is 2.26. The van der Waals surface area contributed by atoms with E-state index in [2.05, 4.69) is 30.9 Å². The normalized spacial score (nSPS) is 11.8. The maximum Gasteiger partial charge on any atom is 0.329 e. The number of carbonyl (C=O) groups is 1. The maximum absolute atomic E-state index is 13.3. The van der Waals surface area contributed by atoms with Gasteiger partial charge >= 0.3 is 5.69 Å². The van der Waals surface area contributed by atoms with Crippen LogP contribution in [0.5, 0.6) is 11.6 Å². The molecule has 1 unspecified atom stereocenters. The van der Waals surface area contributed by atoms with Crippen LogP contribution in [0.4, 0.5) is 0 Å². The Kier molecular flexibility index (Phi) is 8.32. The average Bonchev–Trinajstić information content (AvgIpc) is 3.55. The van der Waals surface area contributed by atoms with Gasteiger partial charge in [-0.15, -0.1) is 0 Å². The van der Waals surface area contributed by atoms with Gasteiger partial charge in [0.1, 0.15) is 23.3 Å². The van der Waals surface area contributed by atoms with Gasteiger partial charge in [-0.2, -0.15) is 0 Å². The lowest BCUT2D eigenvalue weighted by molar-refractivity contribution is -0.130. The molecule has 2 heterocycles. The van der Waals surface area contributed by atoms with Crippen molar-refractivity contribution in [2.75, 3.05) is 20.7 Å². The molecule has 2 aromatic heterocycles. The summed E-state index contributed by atoms with van der Waals surface area (Å²) in [6.45, 7) is -0.0947. The number of hydrogen-bond donors (Lipinski definition) is 3. The van der Waals surface area contributed by atoms with Crippen molar-refractivity contribution in [2.45, 2.75) is 12.5 Å². The highest BCUT2D eigenvalue weighted by molar-refractivity contribution is 9.10. The van der Waals surface area contributed by atoms with Crippen LogP contribution in [0.3, 0.4) is 0 Å². The van der Waals surface area contributed by atoms with Crippen LogP contribution in [0, 0.1) is 0 Å². The molecular weight excluding hydrogens is 610 g/mol. The number of aromatic nitrogens is 4. The third-order valence-corrected chi connectivity index (χ3v) is 7.43. The monoisotopic (exact) mass is 635 g/mol. The molecule has 0 fully saturated rings. The number of aromatic amines is 2. The Morgan fingerprint density at radius 1 is 1.10 bits per heavy atom. The predicted octanol–water partition coefficient (Wildman–Crippen LogP) is 5.65. The number of halogens is 2. The lowest BCUT2D eigenvalue weighted by atomic mass is 10.0. The fourth-order valence-corrected chi connectivity index (χ4v) is 5.20. The number of nitrogens with one attached hydrogen (secondary N) is 2. The highest BCUT2D eigenvalue weighted by Crippen LogP contribution is 2.34. The van der Waals surface area contributed by atoms with Crippen LogP contribution in [-0.4, -0.2) is 56.1 Å². The lowest BCUT2D eigenvalue weighted by Gasteiger charge is -2.17. The molecule has 5 rings (SSSR count). The molecule has 3 N–H and O–H groups in total. The number of likely N-dealkylation sites (N-methyl/N-ethyl adjacent to an activating group) is 1. The van der Waals surface area contributed by atoms with Gasteiger partial charge in [-0.25, -0.2) is 9.78 Å².